The normalized spacial score (nSPS) is 15.3. The van der Waals surface area contributed by atoms with Gasteiger partial charge in [-0.05, 0) is 49.4 Å². The first-order valence-electron chi connectivity index (χ1n) is 9.25. The number of anilines is 1. The second-order valence-corrected chi connectivity index (χ2v) is 9.89. The number of hydrogen-bond donors (Lipinski definition) is 2. The van der Waals surface area contributed by atoms with E-state index in [2.05, 4.69) is 14.9 Å². The molecule has 156 valence electrons. The number of thioether (sulfide) groups is 1. The van der Waals surface area contributed by atoms with Crippen LogP contribution in [0.25, 0.3) is 0 Å². The van der Waals surface area contributed by atoms with Crippen LogP contribution in [0.2, 0.25) is 0 Å². The molecule has 1 aliphatic rings. The Labute approximate surface area is 174 Å². The van der Waals surface area contributed by atoms with E-state index in [4.69, 9.17) is 0 Å². The fourth-order valence-corrected chi connectivity index (χ4v) is 4.88. The zero-order chi connectivity index (χ0) is 21.0. The Balaban J connectivity index is 1.82. The summed E-state index contributed by atoms with van der Waals surface area (Å²) in [6.45, 7) is 4.76. The molecule has 2 aromatic rings. The van der Waals surface area contributed by atoms with Gasteiger partial charge < -0.3 is 5.32 Å². The van der Waals surface area contributed by atoms with Crippen LogP contribution >= 0.6 is 11.8 Å². The van der Waals surface area contributed by atoms with Crippen LogP contribution in [0.15, 0.2) is 41.3 Å². The van der Waals surface area contributed by atoms with Crippen molar-refractivity contribution in [1.29, 1.82) is 0 Å². The van der Waals surface area contributed by atoms with Crippen molar-refractivity contribution in [3.63, 3.8) is 0 Å². The van der Waals surface area contributed by atoms with Crippen LogP contribution in [-0.2, 0) is 16.6 Å². The number of hydrogen-bond acceptors (Lipinski definition) is 5. The molecule has 1 saturated heterocycles. The molecule has 0 spiro atoms. The third-order valence-electron chi connectivity index (χ3n) is 4.95. The first-order valence-corrected chi connectivity index (χ1v) is 11.9. The predicted octanol–water partition coefficient (Wildman–Crippen LogP) is 2.84. The number of halogens is 1. The van der Waals surface area contributed by atoms with E-state index in [1.165, 1.54) is 7.05 Å². The van der Waals surface area contributed by atoms with E-state index >= 15 is 0 Å². The average Bonchev–Trinajstić information content (AvgIpc) is 2.72. The Morgan fingerprint density at radius 1 is 1.21 bits per heavy atom. The molecule has 29 heavy (non-hydrogen) atoms. The summed E-state index contributed by atoms with van der Waals surface area (Å²) in [6, 6.07) is 8.79. The molecule has 1 amide bonds. The Morgan fingerprint density at radius 2 is 1.93 bits per heavy atom. The van der Waals surface area contributed by atoms with Gasteiger partial charge in [-0.25, -0.2) is 17.5 Å². The topological polar surface area (TPSA) is 78.5 Å². The summed E-state index contributed by atoms with van der Waals surface area (Å²) in [5, 5.41) is 2.72. The Bertz CT molecular complexity index is 1010. The molecule has 1 fully saturated rings. The zero-order valence-corrected chi connectivity index (χ0v) is 18.0. The lowest BCUT2D eigenvalue weighted by Crippen LogP contribution is -2.32. The number of nitrogens with zero attached hydrogens (tertiary/aromatic N) is 1. The van der Waals surface area contributed by atoms with Crippen LogP contribution in [-0.4, -0.2) is 50.9 Å². The first kappa shape index (κ1) is 21.8. The molecule has 9 heteroatoms. The number of carbonyl (C=O) groups excluding carboxylic acids is 1. The Hall–Kier alpha value is -1.94. The molecular formula is C20H24FN3O3S2. The molecule has 1 aliphatic heterocycles. The van der Waals surface area contributed by atoms with Gasteiger partial charge in [-0.15, -0.1) is 0 Å². The lowest BCUT2D eigenvalue weighted by Gasteiger charge is -2.27. The summed E-state index contributed by atoms with van der Waals surface area (Å²) in [6.07, 6.45) is 0. The monoisotopic (exact) mass is 437 g/mol. The molecule has 1 heterocycles. The summed E-state index contributed by atoms with van der Waals surface area (Å²) in [4.78, 5) is 14.9. The highest BCUT2D eigenvalue weighted by atomic mass is 32.2. The molecule has 0 aliphatic carbocycles. The molecule has 2 aromatic carbocycles. The number of benzene rings is 2. The molecular weight excluding hydrogens is 413 g/mol. The second kappa shape index (κ2) is 9.25. The molecule has 0 radical (unpaired) electrons. The third-order valence-corrected chi connectivity index (χ3v) is 7.31. The van der Waals surface area contributed by atoms with Gasteiger partial charge >= 0.3 is 0 Å². The maximum absolute atomic E-state index is 14.2. The number of nitrogens with one attached hydrogen (secondary N) is 2. The number of amides is 1. The van der Waals surface area contributed by atoms with Crippen molar-refractivity contribution in [3.05, 3.63) is 58.9 Å². The van der Waals surface area contributed by atoms with Crippen LogP contribution in [0.1, 0.15) is 21.5 Å². The summed E-state index contributed by atoms with van der Waals surface area (Å²) in [5.74, 6) is 0.753. The third kappa shape index (κ3) is 5.16. The minimum absolute atomic E-state index is 0.167. The van der Waals surface area contributed by atoms with Crippen LogP contribution in [0.5, 0.6) is 0 Å². The van der Waals surface area contributed by atoms with Crippen LogP contribution in [0.4, 0.5) is 10.1 Å². The van der Waals surface area contributed by atoms with Crippen molar-refractivity contribution in [2.75, 3.05) is 37.0 Å². The minimum atomic E-state index is -3.78. The number of sulfonamides is 1. The van der Waals surface area contributed by atoms with Crippen molar-refractivity contribution in [3.8, 4) is 0 Å². The quantitative estimate of drug-likeness (QED) is 0.727. The van der Waals surface area contributed by atoms with Crippen molar-refractivity contribution in [2.24, 2.45) is 0 Å². The maximum Gasteiger partial charge on any atom is 0.258 e. The molecule has 0 aromatic heterocycles. The minimum Gasteiger partial charge on any atom is -0.322 e. The van der Waals surface area contributed by atoms with Crippen molar-refractivity contribution in [1.82, 2.24) is 9.62 Å². The molecule has 0 atom stereocenters. The van der Waals surface area contributed by atoms with Gasteiger partial charge in [0.2, 0.25) is 10.0 Å². The smallest absolute Gasteiger partial charge is 0.258 e. The highest BCUT2D eigenvalue weighted by Gasteiger charge is 2.19. The van der Waals surface area contributed by atoms with Crippen molar-refractivity contribution < 1.29 is 17.6 Å². The largest absolute Gasteiger partial charge is 0.322 e. The molecule has 6 nitrogen and oxygen atoms in total. The molecule has 0 bridgehead atoms. The Kier molecular flexibility index (Phi) is 6.94. The van der Waals surface area contributed by atoms with E-state index < -0.39 is 21.7 Å². The zero-order valence-electron chi connectivity index (χ0n) is 16.4. The van der Waals surface area contributed by atoms with Gasteiger partial charge in [0.25, 0.3) is 5.91 Å². The van der Waals surface area contributed by atoms with E-state index in [1.807, 2.05) is 30.8 Å². The fourth-order valence-electron chi connectivity index (χ4n) is 3.14. The van der Waals surface area contributed by atoms with Gasteiger partial charge in [-0.3, -0.25) is 9.69 Å². The van der Waals surface area contributed by atoms with Crippen LogP contribution < -0.4 is 10.0 Å². The SMILES string of the molecule is CNS(=O)(=O)c1ccc(F)c(C(=O)Nc2cccc(CN3CCSCC3)c2C)c1. The van der Waals surface area contributed by atoms with Gasteiger partial charge in [0, 0.05) is 36.8 Å². The van der Waals surface area contributed by atoms with Gasteiger partial charge in [0.1, 0.15) is 5.82 Å². The summed E-state index contributed by atoms with van der Waals surface area (Å²) < 4.78 is 40.3. The molecule has 0 saturated carbocycles. The highest BCUT2D eigenvalue weighted by Crippen LogP contribution is 2.23. The van der Waals surface area contributed by atoms with Gasteiger partial charge in [-0.2, -0.15) is 11.8 Å². The van der Waals surface area contributed by atoms with Crippen molar-refractivity contribution in [2.45, 2.75) is 18.4 Å². The van der Waals surface area contributed by atoms with Crippen molar-refractivity contribution >= 4 is 33.4 Å². The van der Waals surface area contributed by atoms with Crippen LogP contribution in [0.3, 0.4) is 0 Å². The number of carbonyl (C=O) groups is 1. The lowest BCUT2D eigenvalue weighted by atomic mass is 10.1. The molecule has 0 unspecified atom stereocenters. The predicted molar refractivity (Wildman–Crippen MR) is 114 cm³/mol. The van der Waals surface area contributed by atoms with E-state index in [9.17, 15) is 17.6 Å². The molecule has 2 N–H and O–H groups in total. The van der Waals surface area contributed by atoms with E-state index in [-0.39, 0.29) is 10.5 Å². The van der Waals surface area contributed by atoms with E-state index in [1.54, 1.807) is 6.07 Å². The standard InChI is InChI=1S/C20H24FN3O3S2/c1-14-15(13-24-8-10-28-11-9-24)4-3-5-19(14)23-20(25)17-12-16(6-7-18(17)21)29(26,27)22-2/h3-7,12,22H,8-11,13H2,1-2H3,(H,23,25). The lowest BCUT2D eigenvalue weighted by molar-refractivity contribution is 0.102. The molecule has 3 rings (SSSR count). The maximum atomic E-state index is 14.2. The van der Waals surface area contributed by atoms with Gasteiger partial charge in [-0.1, -0.05) is 12.1 Å². The highest BCUT2D eigenvalue weighted by molar-refractivity contribution is 7.99. The summed E-state index contributed by atoms with van der Waals surface area (Å²) >= 11 is 1.95. The summed E-state index contributed by atoms with van der Waals surface area (Å²) in [7, 11) is -2.52. The van der Waals surface area contributed by atoms with Crippen LogP contribution in [0, 0.1) is 12.7 Å². The summed E-state index contributed by atoms with van der Waals surface area (Å²) in [5.41, 5.74) is 2.28. The van der Waals surface area contributed by atoms with E-state index in [0.717, 1.165) is 60.5 Å². The fraction of sp³-hybridized carbons (Fsp3) is 0.350. The van der Waals surface area contributed by atoms with E-state index in [0.29, 0.717) is 5.69 Å². The Morgan fingerprint density at radius 3 is 2.62 bits per heavy atom. The van der Waals surface area contributed by atoms with Gasteiger partial charge in [0.05, 0.1) is 10.5 Å². The first-order chi connectivity index (χ1) is 13.8. The second-order valence-electron chi connectivity index (χ2n) is 6.78. The number of rotatable bonds is 6. The van der Waals surface area contributed by atoms with Gasteiger partial charge in [0.15, 0.2) is 0 Å². The average molecular weight is 438 g/mol.